The Bertz CT molecular complexity index is 1960. The lowest BCUT2D eigenvalue weighted by atomic mass is 10.1. The number of halogens is 1. The molecule has 0 atom stereocenters. The van der Waals surface area contributed by atoms with Crippen molar-refractivity contribution in [3.8, 4) is 5.75 Å². The molecule has 0 amide bonds. The fraction of sp³-hybridized carbons (Fsp3) is 0.0952. The van der Waals surface area contributed by atoms with Crippen molar-refractivity contribution >= 4 is 83.6 Å². The number of fused-ring (bicyclic) bond motifs is 1. The molecule has 0 saturated heterocycles. The zero-order chi connectivity index (χ0) is 32.2. The van der Waals surface area contributed by atoms with Gasteiger partial charge in [0.2, 0.25) is 17.2 Å². The first-order valence-electron chi connectivity index (χ1n) is 11.4. The van der Waals surface area contributed by atoms with Crippen molar-refractivity contribution in [1.29, 1.82) is 0 Å². The maximum Gasteiger partial charge on any atom is 0.296 e. The average molecular weight is 692 g/mol. The highest BCUT2D eigenvalue weighted by Gasteiger charge is 2.23. The molecule has 44 heavy (non-hydrogen) atoms. The van der Waals surface area contributed by atoms with E-state index < -0.39 is 60.2 Å². The molecule has 234 valence electrons. The molecule has 0 aliphatic rings. The first-order valence-corrected chi connectivity index (χ1v) is 15.4. The number of nitrogens with zero attached hydrogens (tertiary/aromatic N) is 6. The highest BCUT2D eigenvalue weighted by Crippen LogP contribution is 2.47. The summed E-state index contributed by atoms with van der Waals surface area (Å²) in [4.78, 5) is 11.0. The molecule has 0 radical (unpaired) electrons. The SMILES string of the molecule is O=S(=O)(O)c1cc(Nc2nc(Cl)nc(N(CO)CO)n2)c2c(O)c(N=Nc3ccccc3S(=O)(=O)O)c(SOOO)cc2c1. The van der Waals surface area contributed by atoms with Crippen molar-refractivity contribution in [3.05, 3.63) is 47.7 Å². The number of azo groups is 1. The molecule has 4 rings (SSSR count). The zero-order valence-electron chi connectivity index (χ0n) is 21.4. The summed E-state index contributed by atoms with van der Waals surface area (Å²) in [5.41, 5.74) is -1.05. The molecule has 4 aromatic rings. The molecule has 0 unspecified atom stereocenters. The van der Waals surface area contributed by atoms with E-state index in [0.29, 0.717) is 0 Å². The molecule has 1 aromatic heterocycles. The third-order valence-electron chi connectivity index (χ3n) is 5.44. The number of aliphatic hydroxyl groups is 2. The summed E-state index contributed by atoms with van der Waals surface area (Å²) in [6, 6.07) is 7.96. The first-order chi connectivity index (χ1) is 20.8. The van der Waals surface area contributed by atoms with Gasteiger partial charge < -0.3 is 20.6 Å². The van der Waals surface area contributed by atoms with Crippen LogP contribution in [0.1, 0.15) is 0 Å². The van der Waals surface area contributed by atoms with Gasteiger partial charge in [-0.05, 0) is 47.3 Å². The second-order valence-corrected chi connectivity index (χ2v) is 12.1. The molecular formula is C21H18ClN7O12S3. The molecule has 0 saturated carbocycles. The third kappa shape index (κ3) is 7.45. The standard InChI is InChI=1S/C21H18ClN7O12S3/c22-19-24-20(26-21(25-19)29(8-30)9-31)23-13-7-11(43(34,35)36)5-10-6-14(42-41-40-33)17(18(32)16(10)13)28-27-12-3-1-2-4-15(12)44(37,38)39/h1-7,30-33H,8-9H2,(H,34,35,36)(H,37,38,39)(H,23,24,25,26). The fourth-order valence-electron chi connectivity index (χ4n) is 3.61. The third-order valence-corrected chi connectivity index (χ3v) is 7.96. The Balaban J connectivity index is 1.98. The van der Waals surface area contributed by atoms with E-state index in [-0.39, 0.29) is 51.0 Å². The van der Waals surface area contributed by atoms with E-state index in [1.807, 2.05) is 0 Å². The van der Waals surface area contributed by atoms with Crippen LogP contribution in [-0.4, -0.2) is 74.9 Å². The first kappa shape index (κ1) is 33.1. The van der Waals surface area contributed by atoms with Crippen LogP contribution in [0.25, 0.3) is 10.8 Å². The molecule has 3 aromatic carbocycles. The number of anilines is 3. The Morgan fingerprint density at radius 1 is 0.977 bits per heavy atom. The van der Waals surface area contributed by atoms with E-state index in [2.05, 4.69) is 39.9 Å². The number of aliphatic hydroxyl groups excluding tert-OH is 2. The van der Waals surface area contributed by atoms with Gasteiger partial charge in [0, 0.05) is 5.39 Å². The minimum atomic E-state index is -4.86. The number of rotatable bonds is 12. The lowest BCUT2D eigenvalue weighted by Gasteiger charge is -2.18. The van der Waals surface area contributed by atoms with Crippen LogP contribution >= 0.6 is 23.6 Å². The van der Waals surface area contributed by atoms with Crippen LogP contribution in [-0.2, 0) is 29.6 Å². The molecule has 0 bridgehead atoms. The molecule has 1 heterocycles. The van der Waals surface area contributed by atoms with Gasteiger partial charge in [0.1, 0.15) is 29.7 Å². The lowest BCUT2D eigenvalue weighted by molar-refractivity contribution is -0.432. The number of hydrogen-bond acceptors (Lipinski definition) is 18. The van der Waals surface area contributed by atoms with Crippen LogP contribution in [0, 0.1) is 0 Å². The molecule has 7 N–H and O–H groups in total. The molecule has 0 aliphatic heterocycles. The van der Waals surface area contributed by atoms with E-state index in [0.717, 1.165) is 23.1 Å². The maximum absolute atomic E-state index is 12.1. The average Bonchev–Trinajstić information content (AvgIpc) is 2.95. The van der Waals surface area contributed by atoms with Gasteiger partial charge in [-0.3, -0.25) is 14.0 Å². The minimum Gasteiger partial charge on any atom is -0.505 e. The second kappa shape index (κ2) is 13.4. The lowest BCUT2D eigenvalue weighted by Crippen LogP contribution is -2.27. The van der Waals surface area contributed by atoms with Crippen molar-refractivity contribution in [2.45, 2.75) is 14.7 Å². The monoisotopic (exact) mass is 691 g/mol. The van der Waals surface area contributed by atoms with Crippen molar-refractivity contribution < 1.29 is 55.9 Å². The predicted molar refractivity (Wildman–Crippen MR) is 151 cm³/mol. The fourth-order valence-corrected chi connectivity index (χ4v) is 5.43. The van der Waals surface area contributed by atoms with Crippen molar-refractivity contribution in [1.82, 2.24) is 15.0 Å². The Labute approximate surface area is 256 Å². The molecule has 0 spiro atoms. The molecule has 0 aliphatic carbocycles. The molecule has 19 nitrogen and oxygen atoms in total. The van der Waals surface area contributed by atoms with Gasteiger partial charge in [0.05, 0.1) is 27.5 Å². The maximum atomic E-state index is 12.1. The van der Waals surface area contributed by atoms with Crippen LogP contribution in [0.3, 0.4) is 0 Å². The van der Waals surface area contributed by atoms with Gasteiger partial charge in [-0.2, -0.15) is 31.8 Å². The Morgan fingerprint density at radius 2 is 1.68 bits per heavy atom. The van der Waals surface area contributed by atoms with Crippen molar-refractivity contribution in [2.75, 3.05) is 23.7 Å². The highest BCUT2D eigenvalue weighted by molar-refractivity contribution is 7.94. The Kier molecular flexibility index (Phi) is 10.1. The largest absolute Gasteiger partial charge is 0.505 e. The Morgan fingerprint density at radius 3 is 2.32 bits per heavy atom. The van der Waals surface area contributed by atoms with E-state index in [1.54, 1.807) is 0 Å². The van der Waals surface area contributed by atoms with Crippen molar-refractivity contribution in [2.24, 2.45) is 10.2 Å². The molecular weight excluding hydrogens is 674 g/mol. The van der Waals surface area contributed by atoms with E-state index in [9.17, 15) is 41.3 Å². The number of nitrogens with one attached hydrogen (secondary N) is 1. The van der Waals surface area contributed by atoms with E-state index >= 15 is 0 Å². The van der Waals surface area contributed by atoms with Crippen LogP contribution in [0.2, 0.25) is 5.28 Å². The smallest absolute Gasteiger partial charge is 0.296 e. The summed E-state index contributed by atoms with van der Waals surface area (Å²) in [5, 5.41) is 52.1. The number of aromatic nitrogens is 3. The van der Waals surface area contributed by atoms with Crippen molar-refractivity contribution in [3.63, 3.8) is 0 Å². The highest BCUT2D eigenvalue weighted by atomic mass is 35.5. The normalized spacial score (nSPS) is 12.2. The number of aromatic hydroxyl groups is 1. The van der Waals surface area contributed by atoms with Gasteiger partial charge in [-0.15, -0.1) is 14.6 Å². The van der Waals surface area contributed by atoms with Gasteiger partial charge in [0.25, 0.3) is 20.2 Å². The van der Waals surface area contributed by atoms with Crippen LogP contribution in [0.4, 0.5) is 29.0 Å². The van der Waals surface area contributed by atoms with E-state index in [1.165, 1.54) is 24.3 Å². The molecule has 0 fully saturated rings. The topological polar surface area (TPSA) is 287 Å². The number of benzene rings is 3. The number of phenols is 1. The molecule has 23 heteroatoms. The summed E-state index contributed by atoms with van der Waals surface area (Å²) in [6.07, 6.45) is 0. The van der Waals surface area contributed by atoms with Gasteiger partial charge in [-0.1, -0.05) is 17.2 Å². The van der Waals surface area contributed by atoms with Gasteiger partial charge in [0.15, 0.2) is 5.75 Å². The summed E-state index contributed by atoms with van der Waals surface area (Å²) in [6.45, 7) is -1.46. The van der Waals surface area contributed by atoms with E-state index in [4.69, 9.17) is 16.9 Å². The van der Waals surface area contributed by atoms with Gasteiger partial charge >= 0.3 is 0 Å². The van der Waals surface area contributed by atoms with Crippen LogP contribution in [0.5, 0.6) is 5.75 Å². The van der Waals surface area contributed by atoms with Crippen LogP contribution in [0.15, 0.2) is 67.4 Å². The zero-order valence-corrected chi connectivity index (χ0v) is 24.6. The number of phenolic OH excluding ortho intramolecular Hbond substituents is 1. The number of hydrogen-bond donors (Lipinski definition) is 7. The van der Waals surface area contributed by atoms with Crippen LogP contribution < -0.4 is 10.2 Å². The second-order valence-electron chi connectivity index (χ2n) is 8.16. The van der Waals surface area contributed by atoms with Gasteiger partial charge in [-0.25, -0.2) is 5.26 Å². The summed E-state index contributed by atoms with van der Waals surface area (Å²) < 4.78 is 71.5. The summed E-state index contributed by atoms with van der Waals surface area (Å²) in [5.74, 6) is -1.42. The minimum absolute atomic E-state index is 0.0887. The summed E-state index contributed by atoms with van der Waals surface area (Å²) >= 11 is 6.22. The Hall–Kier alpha value is -3.81. The predicted octanol–water partition coefficient (Wildman–Crippen LogP) is 3.17. The quantitative estimate of drug-likeness (QED) is 0.0280. The summed E-state index contributed by atoms with van der Waals surface area (Å²) in [7, 11) is -9.60.